The lowest BCUT2D eigenvalue weighted by molar-refractivity contribution is -0.122. The van der Waals surface area contributed by atoms with E-state index in [1.807, 2.05) is 18.2 Å². The summed E-state index contributed by atoms with van der Waals surface area (Å²) >= 11 is 0. The van der Waals surface area contributed by atoms with Crippen LogP contribution >= 0.6 is 0 Å². The molecule has 0 bridgehead atoms. The maximum atomic E-state index is 13.1. The second kappa shape index (κ2) is 5.97. The van der Waals surface area contributed by atoms with Crippen molar-refractivity contribution in [1.29, 1.82) is 0 Å². The Bertz CT molecular complexity index is 703. The van der Waals surface area contributed by atoms with Crippen LogP contribution in [0.25, 0.3) is 0 Å². The minimum absolute atomic E-state index is 0.161. The fourth-order valence-electron chi connectivity index (χ4n) is 2.33. The molecular formula is C17H15FN2O2. The maximum Gasteiger partial charge on any atom is 0.228 e. The van der Waals surface area contributed by atoms with Crippen molar-refractivity contribution in [2.75, 3.05) is 10.6 Å². The molecule has 2 atom stereocenters. The molecule has 112 valence electrons. The van der Waals surface area contributed by atoms with E-state index >= 15 is 0 Å². The van der Waals surface area contributed by atoms with Gasteiger partial charge in [-0.1, -0.05) is 24.3 Å². The molecule has 0 aromatic heterocycles. The normalized spacial score (nSPS) is 19.3. The number of rotatable bonds is 4. The van der Waals surface area contributed by atoms with Crippen LogP contribution in [-0.2, 0) is 9.59 Å². The third-order valence-corrected chi connectivity index (χ3v) is 3.60. The van der Waals surface area contributed by atoms with E-state index in [0.717, 1.165) is 0 Å². The molecule has 0 saturated heterocycles. The highest BCUT2D eigenvalue weighted by Gasteiger charge is 2.48. The van der Waals surface area contributed by atoms with Gasteiger partial charge in [0.25, 0.3) is 0 Å². The first-order valence-electron chi connectivity index (χ1n) is 7.06. The first-order chi connectivity index (χ1) is 10.6. The number of carbonyl (C=O) groups excluding carboxylic acids is 2. The molecule has 5 heteroatoms. The topological polar surface area (TPSA) is 58.2 Å². The standard InChI is InChI=1S/C17H15FN2O2/c18-11-5-4-8-13(9-11)20-17(22)15-10-14(15)16(21)19-12-6-2-1-3-7-12/h1-9,14-15H,10H2,(H,19,21)(H,20,22). The highest BCUT2D eigenvalue weighted by atomic mass is 19.1. The number of amides is 2. The highest BCUT2D eigenvalue weighted by molar-refractivity contribution is 6.03. The fraction of sp³-hybridized carbons (Fsp3) is 0.176. The molecule has 4 nitrogen and oxygen atoms in total. The van der Waals surface area contributed by atoms with Crippen molar-refractivity contribution >= 4 is 23.2 Å². The first kappa shape index (κ1) is 14.3. The molecule has 0 heterocycles. The summed E-state index contributed by atoms with van der Waals surface area (Å²) in [5, 5.41) is 5.42. The van der Waals surface area contributed by atoms with Gasteiger partial charge in [-0.15, -0.1) is 0 Å². The van der Waals surface area contributed by atoms with Gasteiger partial charge >= 0.3 is 0 Å². The zero-order valence-corrected chi connectivity index (χ0v) is 11.8. The van der Waals surface area contributed by atoms with E-state index in [4.69, 9.17) is 0 Å². The van der Waals surface area contributed by atoms with Crippen molar-refractivity contribution in [3.05, 3.63) is 60.4 Å². The number of nitrogens with one attached hydrogen (secondary N) is 2. The molecule has 22 heavy (non-hydrogen) atoms. The smallest absolute Gasteiger partial charge is 0.228 e. The molecule has 2 amide bonds. The van der Waals surface area contributed by atoms with Gasteiger partial charge < -0.3 is 10.6 Å². The molecule has 3 rings (SSSR count). The van der Waals surface area contributed by atoms with Gasteiger partial charge in [0.05, 0.1) is 11.8 Å². The summed E-state index contributed by atoms with van der Waals surface area (Å²) in [6, 6.07) is 14.8. The van der Waals surface area contributed by atoms with Gasteiger partial charge in [0.2, 0.25) is 11.8 Å². The minimum atomic E-state index is -0.410. The molecule has 2 aromatic carbocycles. The Balaban J connectivity index is 1.55. The lowest BCUT2D eigenvalue weighted by atomic mass is 10.2. The van der Waals surface area contributed by atoms with E-state index in [9.17, 15) is 14.0 Å². The predicted molar refractivity (Wildman–Crippen MR) is 81.7 cm³/mol. The number of hydrogen-bond donors (Lipinski definition) is 2. The van der Waals surface area contributed by atoms with Gasteiger partial charge in [-0.3, -0.25) is 9.59 Å². The summed E-state index contributed by atoms with van der Waals surface area (Å²) in [5.74, 6) is -1.50. The quantitative estimate of drug-likeness (QED) is 0.911. The van der Waals surface area contributed by atoms with Crippen molar-refractivity contribution in [3.63, 3.8) is 0 Å². The summed E-state index contributed by atoms with van der Waals surface area (Å²) in [4.78, 5) is 24.1. The highest BCUT2D eigenvalue weighted by Crippen LogP contribution is 2.40. The molecule has 1 fully saturated rings. The number of para-hydroxylation sites is 1. The predicted octanol–water partition coefficient (Wildman–Crippen LogP) is 3.04. The van der Waals surface area contributed by atoms with Gasteiger partial charge in [0, 0.05) is 11.4 Å². The monoisotopic (exact) mass is 298 g/mol. The van der Waals surface area contributed by atoms with Crippen LogP contribution in [0.4, 0.5) is 15.8 Å². The summed E-state index contributed by atoms with van der Waals surface area (Å²) in [6.45, 7) is 0. The number of carbonyl (C=O) groups is 2. The van der Waals surface area contributed by atoms with Gasteiger partial charge in [0.15, 0.2) is 0 Å². The van der Waals surface area contributed by atoms with Crippen LogP contribution in [0.3, 0.4) is 0 Å². The van der Waals surface area contributed by atoms with Gasteiger partial charge in [0.1, 0.15) is 5.82 Å². The average Bonchev–Trinajstić information content (AvgIpc) is 3.29. The Morgan fingerprint density at radius 2 is 1.45 bits per heavy atom. The Labute approximate surface area is 127 Å². The van der Waals surface area contributed by atoms with Crippen LogP contribution in [0.5, 0.6) is 0 Å². The largest absolute Gasteiger partial charge is 0.326 e. The molecule has 1 aliphatic carbocycles. The van der Waals surface area contributed by atoms with Crippen molar-refractivity contribution in [1.82, 2.24) is 0 Å². The van der Waals surface area contributed by atoms with Gasteiger partial charge in [-0.25, -0.2) is 4.39 Å². The van der Waals surface area contributed by atoms with Crippen LogP contribution in [0.15, 0.2) is 54.6 Å². The van der Waals surface area contributed by atoms with Crippen LogP contribution in [0.2, 0.25) is 0 Å². The average molecular weight is 298 g/mol. The van der Waals surface area contributed by atoms with E-state index < -0.39 is 5.82 Å². The Hall–Kier alpha value is -2.69. The second-order valence-electron chi connectivity index (χ2n) is 5.30. The zero-order chi connectivity index (χ0) is 15.5. The molecule has 1 aliphatic rings. The SMILES string of the molecule is O=C(Nc1ccccc1)C1CC1C(=O)Nc1cccc(F)c1. The third kappa shape index (κ3) is 3.31. The summed E-state index contributed by atoms with van der Waals surface area (Å²) in [5.41, 5.74) is 1.11. The molecule has 2 N–H and O–H groups in total. The number of benzene rings is 2. The van der Waals surface area contributed by atoms with Crippen LogP contribution in [-0.4, -0.2) is 11.8 Å². The number of anilines is 2. The second-order valence-corrected chi connectivity index (χ2v) is 5.30. The molecular weight excluding hydrogens is 283 g/mol. The summed E-state index contributed by atoms with van der Waals surface area (Å²) in [6.07, 6.45) is 0.514. The van der Waals surface area contributed by atoms with Crippen molar-refractivity contribution < 1.29 is 14.0 Å². The summed E-state index contributed by atoms with van der Waals surface area (Å²) < 4.78 is 13.1. The van der Waals surface area contributed by atoms with E-state index in [2.05, 4.69) is 10.6 Å². The van der Waals surface area contributed by atoms with Crippen molar-refractivity contribution in [2.24, 2.45) is 11.8 Å². The first-order valence-corrected chi connectivity index (χ1v) is 7.06. The van der Waals surface area contributed by atoms with E-state index in [1.165, 1.54) is 18.2 Å². The minimum Gasteiger partial charge on any atom is -0.326 e. The van der Waals surface area contributed by atoms with Crippen molar-refractivity contribution in [3.8, 4) is 0 Å². The lowest BCUT2D eigenvalue weighted by Gasteiger charge is -2.06. The molecule has 0 aliphatic heterocycles. The lowest BCUT2D eigenvalue weighted by Crippen LogP contribution is -2.20. The molecule has 1 saturated carbocycles. The third-order valence-electron chi connectivity index (χ3n) is 3.60. The number of hydrogen-bond acceptors (Lipinski definition) is 2. The van der Waals surface area contributed by atoms with Crippen LogP contribution in [0.1, 0.15) is 6.42 Å². The molecule has 2 aromatic rings. The van der Waals surface area contributed by atoms with Crippen molar-refractivity contribution in [2.45, 2.75) is 6.42 Å². The number of halogens is 1. The zero-order valence-electron chi connectivity index (χ0n) is 11.8. The summed E-state index contributed by atoms with van der Waals surface area (Å²) in [7, 11) is 0. The van der Waals surface area contributed by atoms with Crippen LogP contribution < -0.4 is 10.6 Å². The molecule has 2 unspecified atom stereocenters. The Morgan fingerprint density at radius 1 is 0.864 bits per heavy atom. The Morgan fingerprint density at radius 3 is 2.09 bits per heavy atom. The fourth-order valence-corrected chi connectivity index (χ4v) is 2.33. The van der Waals surface area contributed by atoms with E-state index in [0.29, 0.717) is 17.8 Å². The van der Waals surface area contributed by atoms with E-state index in [1.54, 1.807) is 18.2 Å². The Kier molecular flexibility index (Phi) is 3.87. The maximum absolute atomic E-state index is 13.1. The van der Waals surface area contributed by atoms with Gasteiger partial charge in [-0.05, 0) is 36.8 Å². The van der Waals surface area contributed by atoms with Gasteiger partial charge in [-0.2, -0.15) is 0 Å². The molecule has 0 spiro atoms. The van der Waals surface area contributed by atoms with E-state index in [-0.39, 0.29) is 23.7 Å². The molecule has 0 radical (unpaired) electrons. The van der Waals surface area contributed by atoms with Crippen LogP contribution in [0, 0.1) is 17.7 Å².